The number of amides is 1. The van der Waals surface area contributed by atoms with Crippen molar-refractivity contribution in [2.45, 2.75) is 6.18 Å². The van der Waals surface area contributed by atoms with E-state index in [0.29, 0.717) is 17.3 Å². The Kier molecular flexibility index (Phi) is 5.07. The van der Waals surface area contributed by atoms with E-state index in [-0.39, 0.29) is 0 Å². The monoisotopic (exact) mass is 373 g/mol. The lowest BCUT2D eigenvalue weighted by molar-refractivity contribution is -0.137. The Hall–Kier alpha value is -3.42. The van der Waals surface area contributed by atoms with Crippen LogP contribution in [0.5, 0.6) is 5.88 Å². The smallest absolute Gasteiger partial charge is 0.417 e. The number of carbonyl (C=O) groups excluding carboxylic acids is 1. The topological polar surface area (TPSA) is 64.1 Å². The molecule has 27 heavy (non-hydrogen) atoms. The van der Waals surface area contributed by atoms with Crippen molar-refractivity contribution in [2.75, 3.05) is 12.4 Å². The molecule has 0 radical (unpaired) electrons. The van der Waals surface area contributed by atoms with E-state index in [1.165, 1.54) is 19.2 Å². The average molecular weight is 373 g/mol. The Balaban J connectivity index is 1.78. The molecule has 138 valence electrons. The molecule has 3 aromatic rings. The number of hydrogen-bond donors (Lipinski definition) is 1. The highest BCUT2D eigenvalue weighted by Crippen LogP contribution is 2.32. The van der Waals surface area contributed by atoms with Crippen molar-refractivity contribution in [1.29, 1.82) is 0 Å². The Morgan fingerprint density at radius 2 is 1.67 bits per heavy atom. The number of benzene rings is 2. The van der Waals surface area contributed by atoms with Gasteiger partial charge in [-0.25, -0.2) is 0 Å². The fraction of sp³-hybridized carbons (Fsp3) is 0.105. The quantitative estimate of drug-likeness (QED) is 0.735. The zero-order chi connectivity index (χ0) is 19.4. The molecule has 0 fully saturated rings. The molecule has 1 N–H and O–H groups in total. The van der Waals surface area contributed by atoms with Crippen molar-refractivity contribution >= 4 is 11.6 Å². The molecule has 0 aliphatic carbocycles. The highest BCUT2D eigenvalue weighted by atomic mass is 19.4. The van der Waals surface area contributed by atoms with Crippen LogP contribution in [0.2, 0.25) is 0 Å². The summed E-state index contributed by atoms with van der Waals surface area (Å²) < 4.78 is 44.1. The molecule has 0 aliphatic rings. The number of nitrogens with zero attached hydrogens (tertiary/aromatic N) is 2. The second-order valence-corrected chi connectivity index (χ2v) is 5.54. The maximum Gasteiger partial charge on any atom is 0.417 e. The summed E-state index contributed by atoms with van der Waals surface area (Å²) in [5.74, 6) is -0.453. The van der Waals surface area contributed by atoms with Crippen LogP contribution in [-0.4, -0.2) is 23.2 Å². The summed E-state index contributed by atoms with van der Waals surface area (Å²) in [5, 5.41) is 10.4. The van der Waals surface area contributed by atoms with Crippen molar-refractivity contribution in [1.82, 2.24) is 10.2 Å². The van der Waals surface area contributed by atoms with Gasteiger partial charge in [-0.1, -0.05) is 24.3 Å². The third-order valence-corrected chi connectivity index (χ3v) is 3.76. The second kappa shape index (κ2) is 7.45. The minimum atomic E-state index is -4.61. The molecule has 0 spiro atoms. The van der Waals surface area contributed by atoms with Crippen molar-refractivity contribution in [3.05, 3.63) is 71.8 Å². The minimum Gasteiger partial charge on any atom is -0.480 e. The van der Waals surface area contributed by atoms with Crippen LogP contribution in [0.3, 0.4) is 0 Å². The van der Waals surface area contributed by atoms with Gasteiger partial charge in [0.25, 0.3) is 5.91 Å². The fourth-order valence-electron chi connectivity index (χ4n) is 2.43. The number of halogens is 3. The Labute approximate surface area is 152 Å². The number of rotatable bonds is 4. The van der Waals surface area contributed by atoms with Gasteiger partial charge in [-0.05, 0) is 30.3 Å². The van der Waals surface area contributed by atoms with Gasteiger partial charge in [-0.3, -0.25) is 4.79 Å². The third kappa shape index (κ3) is 4.22. The van der Waals surface area contributed by atoms with Gasteiger partial charge >= 0.3 is 6.18 Å². The van der Waals surface area contributed by atoms with Gasteiger partial charge in [0, 0.05) is 17.3 Å². The molecule has 2 aromatic carbocycles. The molecule has 8 heteroatoms. The first-order chi connectivity index (χ1) is 12.9. The Bertz CT molecular complexity index is 940. The van der Waals surface area contributed by atoms with Gasteiger partial charge in [-0.2, -0.15) is 13.2 Å². The van der Waals surface area contributed by atoms with E-state index in [9.17, 15) is 18.0 Å². The summed E-state index contributed by atoms with van der Waals surface area (Å²) in [4.78, 5) is 12.3. The molecular formula is C19H14F3N3O2. The predicted octanol–water partition coefficient (Wildman–Crippen LogP) is 4.42. The molecular weight excluding hydrogens is 359 g/mol. The molecule has 0 unspecified atom stereocenters. The maximum atomic E-state index is 13.0. The maximum absolute atomic E-state index is 13.0. The molecule has 0 bridgehead atoms. The first kappa shape index (κ1) is 18.4. The van der Waals surface area contributed by atoms with Gasteiger partial charge in [0.15, 0.2) is 0 Å². The number of hydrogen-bond acceptors (Lipinski definition) is 4. The summed E-state index contributed by atoms with van der Waals surface area (Å²) in [6, 6.07) is 14.5. The summed E-state index contributed by atoms with van der Waals surface area (Å²) in [6.07, 6.45) is -4.61. The molecule has 5 nitrogen and oxygen atoms in total. The van der Waals surface area contributed by atoms with E-state index in [1.54, 1.807) is 36.4 Å². The number of anilines is 1. The summed E-state index contributed by atoms with van der Waals surface area (Å²) in [5.41, 5.74) is 0.278. The van der Waals surface area contributed by atoms with Crippen LogP contribution in [-0.2, 0) is 6.18 Å². The van der Waals surface area contributed by atoms with Crippen molar-refractivity contribution in [3.63, 3.8) is 0 Å². The predicted molar refractivity (Wildman–Crippen MR) is 93.4 cm³/mol. The van der Waals surface area contributed by atoms with Crippen LogP contribution in [0.4, 0.5) is 18.9 Å². The average Bonchev–Trinajstić information content (AvgIpc) is 2.68. The highest BCUT2D eigenvalue weighted by Gasteiger charge is 2.34. The van der Waals surface area contributed by atoms with Crippen LogP contribution >= 0.6 is 0 Å². The van der Waals surface area contributed by atoms with Crippen LogP contribution in [0, 0.1) is 0 Å². The zero-order valence-electron chi connectivity index (χ0n) is 14.1. The zero-order valence-corrected chi connectivity index (χ0v) is 14.1. The van der Waals surface area contributed by atoms with Gasteiger partial charge in [-0.15, -0.1) is 10.2 Å². The fourth-order valence-corrected chi connectivity index (χ4v) is 2.43. The van der Waals surface area contributed by atoms with Crippen molar-refractivity contribution in [2.24, 2.45) is 0 Å². The Morgan fingerprint density at radius 1 is 0.963 bits per heavy atom. The standard InChI is InChI=1S/C19H14F3N3O2/c1-27-17-11-10-16(24-25-17)12-6-8-13(9-7-12)23-18(26)14-4-2-3-5-15(14)19(20,21)22/h2-11H,1H3,(H,23,26). The summed E-state index contributed by atoms with van der Waals surface area (Å²) >= 11 is 0. The van der Waals surface area contributed by atoms with E-state index in [0.717, 1.165) is 17.7 Å². The molecule has 3 rings (SSSR count). The first-order valence-corrected chi connectivity index (χ1v) is 7.84. The normalized spacial score (nSPS) is 11.1. The highest BCUT2D eigenvalue weighted by molar-refractivity contribution is 6.05. The molecule has 0 atom stereocenters. The second-order valence-electron chi connectivity index (χ2n) is 5.54. The number of ether oxygens (including phenoxy) is 1. The lowest BCUT2D eigenvalue weighted by atomic mass is 10.1. The first-order valence-electron chi connectivity index (χ1n) is 7.84. The molecule has 0 aliphatic heterocycles. The summed E-state index contributed by atoms with van der Waals surface area (Å²) in [6.45, 7) is 0. The molecule has 1 aromatic heterocycles. The van der Waals surface area contributed by atoms with Crippen molar-refractivity contribution in [3.8, 4) is 17.1 Å². The minimum absolute atomic E-state index is 0.363. The van der Waals surface area contributed by atoms with E-state index in [2.05, 4.69) is 15.5 Å². The van der Waals surface area contributed by atoms with Crippen LogP contribution in [0.15, 0.2) is 60.7 Å². The Morgan fingerprint density at radius 3 is 2.26 bits per heavy atom. The number of aromatic nitrogens is 2. The van der Waals surface area contributed by atoms with E-state index >= 15 is 0 Å². The number of methoxy groups -OCH3 is 1. The molecule has 1 heterocycles. The number of carbonyl (C=O) groups is 1. The van der Waals surface area contributed by atoms with Crippen LogP contribution in [0.1, 0.15) is 15.9 Å². The number of nitrogens with one attached hydrogen (secondary N) is 1. The number of alkyl halides is 3. The lowest BCUT2D eigenvalue weighted by Crippen LogP contribution is -2.18. The third-order valence-electron chi connectivity index (χ3n) is 3.76. The van der Waals surface area contributed by atoms with Crippen LogP contribution < -0.4 is 10.1 Å². The van der Waals surface area contributed by atoms with Gasteiger partial charge in [0.05, 0.1) is 23.9 Å². The lowest BCUT2D eigenvalue weighted by Gasteiger charge is -2.12. The largest absolute Gasteiger partial charge is 0.480 e. The van der Waals surface area contributed by atoms with Gasteiger partial charge in [0.1, 0.15) is 0 Å². The van der Waals surface area contributed by atoms with Crippen molar-refractivity contribution < 1.29 is 22.7 Å². The van der Waals surface area contributed by atoms with E-state index < -0.39 is 23.2 Å². The SMILES string of the molecule is COc1ccc(-c2ccc(NC(=O)c3ccccc3C(F)(F)F)cc2)nn1. The molecule has 0 saturated carbocycles. The van der Waals surface area contributed by atoms with E-state index in [4.69, 9.17) is 4.74 Å². The van der Waals surface area contributed by atoms with Gasteiger partial charge in [0.2, 0.25) is 5.88 Å². The summed E-state index contributed by atoms with van der Waals surface area (Å²) in [7, 11) is 1.48. The van der Waals surface area contributed by atoms with Gasteiger partial charge < -0.3 is 10.1 Å². The van der Waals surface area contributed by atoms with Crippen LogP contribution in [0.25, 0.3) is 11.3 Å². The molecule has 0 saturated heterocycles. The molecule has 1 amide bonds. The van der Waals surface area contributed by atoms with E-state index in [1.807, 2.05) is 0 Å².